The van der Waals surface area contributed by atoms with E-state index in [9.17, 15) is 9.59 Å². The molecule has 2 heterocycles. The number of fused-ring (bicyclic) bond motifs is 3. The van der Waals surface area contributed by atoms with Crippen molar-refractivity contribution < 1.29 is 19.1 Å². The Bertz CT molecular complexity index is 1040. The van der Waals surface area contributed by atoms with E-state index in [1.807, 2.05) is 24.3 Å². The van der Waals surface area contributed by atoms with Crippen LogP contribution in [0.5, 0.6) is 11.5 Å². The molecular formula is C20H16ClNO4. The molecule has 4 rings (SSSR count). The molecule has 0 spiro atoms. The second kappa shape index (κ2) is 6.18. The van der Waals surface area contributed by atoms with Gasteiger partial charge in [0.2, 0.25) is 5.91 Å². The fourth-order valence-electron chi connectivity index (χ4n) is 3.54. The molecule has 0 saturated carbocycles. The van der Waals surface area contributed by atoms with Gasteiger partial charge in [0.05, 0.1) is 24.7 Å². The largest absolute Gasteiger partial charge is 0.497 e. The van der Waals surface area contributed by atoms with Gasteiger partial charge in [0.25, 0.3) is 0 Å². The molecule has 132 valence electrons. The zero-order valence-electron chi connectivity index (χ0n) is 14.3. The van der Waals surface area contributed by atoms with E-state index >= 15 is 0 Å². The average Bonchev–Trinajstić information content (AvgIpc) is 2.94. The first-order valence-electron chi connectivity index (χ1n) is 8.19. The lowest BCUT2D eigenvalue weighted by Gasteiger charge is -2.24. The Labute approximate surface area is 155 Å². The van der Waals surface area contributed by atoms with Crippen LogP contribution >= 0.6 is 11.6 Å². The summed E-state index contributed by atoms with van der Waals surface area (Å²) in [5, 5.41) is 1.22. The summed E-state index contributed by atoms with van der Waals surface area (Å²) in [6, 6.07) is 12.7. The molecule has 26 heavy (non-hydrogen) atoms. The van der Waals surface area contributed by atoms with Crippen molar-refractivity contribution in [2.75, 3.05) is 7.11 Å². The predicted molar refractivity (Wildman–Crippen MR) is 98.3 cm³/mol. The number of hydrogen-bond acceptors (Lipinski definition) is 4. The number of rotatable bonds is 2. The topological polar surface area (TPSA) is 57.5 Å². The molecule has 0 N–H and O–H groups in total. The molecule has 3 aromatic rings. The third kappa shape index (κ3) is 2.56. The number of ether oxygens (including phenoxy) is 2. The molecule has 1 aliphatic rings. The molecule has 0 bridgehead atoms. The Morgan fingerprint density at radius 3 is 2.62 bits per heavy atom. The van der Waals surface area contributed by atoms with Gasteiger partial charge < -0.3 is 9.47 Å². The SMILES string of the molecule is COc1ccc(C2CC(=O)Oc3c2n(C(C)=O)c2cc(Cl)ccc32)cc1. The van der Waals surface area contributed by atoms with Gasteiger partial charge >= 0.3 is 5.97 Å². The van der Waals surface area contributed by atoms with Crippen LogP contribution in [-0.4, -0.2) is 23.6 Å². The van der Waals surface area contributed by atoms with E-state index in [-0.39, 0.29) is 24.2 Å². The third-order valence-corrected chi connectivity index (χ3v) is 4.90. The molecule has 1 aliphatic heterocycles. The van der Waals surface area contributed by atoms with Crippen LogP contribution in [0.2, 0.25) is 5.02 Å². The minimum Gasteiger partial charge on any atom is -0.497 e. The zero-order valence-corrected chi connectivity index (χ0v) is 15.0. The Morgan fingerprint density at radius 2 is 1.96 bits per heavy atom. The van der Waals surface area contributed by atoms with Crippen molar-refractivity contribution in [3.05, 3.63) is 58.7 Å². The number of carbonyl (C=O) groups is 2. The van der Waals surface area contributed by atoms with E-state index in [0.29, 0.717) is 27.4 Å². The van der Waals surface area contributed by atoms with Crippen LogP contribution in [0.1, 0.15) is 35.3 Å². The Hall–Kier alpha value is -2.79. The predicted octanol–water partition coefficient (Wildman–Crippen LogP) is 4.40. The summed E-state index contributed by atoms with van der Waals surface area (Å²) in [5.74, 6) is 0.397. The van der Waals surface area contributed by atoms with Crippen molar-refractivity contribution in [1.82, 2.24) is 4.57 Å². The summed E-state index contributed by atoms with van der Waals surface area (Å²) in [6.45, 7) is 1.49. The quantitative estimate of drug-likeness (QED) is 0.628. The van der Waals surface area contributed by atoms with Crippen LogP contribution in [0.15, 0.2) is 42.5 Å². The van der Waals surface area contributed by atoms with E-state index in [2.05, 4.69) is 0 Å². The lowest BCUT2D eigenvalue weighted by atomic mass is 9.90. The summed E-state index contributed by atoms with van der Waals surface area (Å²) in [7, 11) is 1.60. The maximum Gasteiger partial charge on any atom is 0.312 e. The van der Waals surface area contributed by atoms with Crippen LogP contribution in [0.4, 0.5) is 0 Å². The lowest BCUT2D eigenvalue weighted by molar-refractivity contribution is -0.135. The van der Waals surface area contributed by atoms with Gasteiger partial charge in [-0.05, 0) is 35.9 Å². The van der Waals surface area contributed by atoms with E-state index in [1.54, 1.807) is 29.9 Å². The number of nitrogens with zero attached hydrogens (tertiary/aromatic N) is 1. The van der Waals surface area contributed by atoms with Gasteiger partial charge in [-0.15, -0.1) is 0 Å². The van der Waals surface area contributed by atoms with E-state index in [0.717, 1.165) is 11.3 Å². The average molecular weight is 370 g/mol. The monoisotopic (exact) mass is 369 g/mol. The van der Waals surface area contributed by atoms with Crippen molar-refractivity contribution >= 4 is 34.4 Å². The van der Waals surface area contributed by atoms with Gasteiger partial charge in [-0.2, -0.15) is 0 Å². The van der Waals surface area contributed by atoms with Gasteiger partial charge in [-0.25, -0.2) is 0 Å². The molecule has 0 fully saturated rings. The molecule has 0 radical (unpaired) electrons. The highest BCUT2D eigenvalue weighted by Gasteiger charge is 2.35. The van der Waals surface area contributed by atoms with Crippen molar-refractivity contribution in [3.8, 4) is 11.5 Å². The van der Waals surface area contributed by atoms with Gasteiger partial charge in [-0.1, -0.05) is 23.7 Å². The van der Waals surface area contributed by atoms with Crippen molar-refractivity contribution in [2.45, 2.75) is 19.3 Å². The molecule has 1 unspecified atom stereocenters. The smallest absolute Gasteiger partial charge is 0.312 e. The summed E-state index contributed by atoms with van der Waals surface area (Å²) in [6.07, 6.45) is 0.163. The van der Waals surface area contributed by atoms with Gasteiger partial charge in [0, 0.05) is 23.3 Å². The molecule has 1 atom stereocenters. The van der Waals surface area contributed by atoms with Crippen LogP contribution in [0, 0.1) is 0 Å². The van der Waals surface area contributed by atoms with Crippen LogP contribution in [-0.2, 0) is 4.79 Å². The molecule has 0 saturated heterocycles. The third-order valence-electron chi connectivity index (χ3n) is 4.67. The summed E-state index contributed by atoms with van der Waals surface area (Å²) in [4.78, 5) is 24.7. The minimum absolute atomic E-state index is 0.157. The van der Waals surface area contributed by atoms with Gasteiger partial charge in [0.1, 0.15) is 5.75 Å². The molecule has 1 aromatic heterocycles. The van der Waals surface area contributed by atoms with Crippen LogP contribution in [0.25, 0.3) is 10.9 Å². The second-order valence-corrected chi connectivity index (χ2v) is 6.67. The number of benzene rings is 2. The first-order valence-corrected chi connectivity index (χ1v) is 8.57. The van der Waals surface area contributed by atoms with E-state index < -0.39 is 0 Å². The Balaban J connectivity index is 1.99. The Kier molecular flexibility index (Phi) is 3.96. The van der Waals surface area contributed by atoms with Crippen LogP contribution in [0.3, 0.4) is 0 Å². The van der Waals surface area contributed by atoms with Gasteiger partial charge in [0.15, 0.2) is 5.75 Å². The summed E-state index contributed by atoms with van der Waals surface area (Å²) >= 11 is 6.13. The number of halogens is 1. The second-order valence-electron chi connectivity index (χ2n) is 6.23. The molecule has 2 aromatic carbocycles. The molecular weight excluding hydrogens is 354 g/mol. The highest BCUT2D eigenvalue weighted by molar-refractivity contribution is 6.31. The van der Waals surface area contributed by atoms with E-state index in [4.69, 9.17) is 21.1 Å². The standard InChI is InChI=1S/C20H16ClNO4/c1-11(23)22-17-9-13(21)5-8-15(17)20-19(22)16(10-18(24)26-20)12-3-6-14(25-2)7-4-12/h3-9,16H,10H2,1-2H3. The number of aromatic nitrogens is 1. The van der Waals surface area contributed by atoms with Gasteiger partial charge in [-0.3, -0.25) is 14.2 Å². The fourth-order valence-corrected chi connectivity index (χ4v) is 3.71. The zero-order chi connectivity index (χ0) is 18.4. The number of esters is 1. The maximum atomic E-state index is 12.4. The lowest BCUT2D eigenvalue weighted by Crippen LogP contribution is -2.24. The minimum atomic E-state index is -0.323. The van der Waals surface area contributed by atoms with Crippen LogP contribution < -0.4 is 9.47 Å². The summed E-state index contributed by atoms with van der Waals surface area (Å²) < 4.78 is 12.3. The summed E-state index contributed by atoms with van der Waals surface area (Å²) in [5.41, 5.74) is 2.24. The first kappa shape index (κ1) is 16.7. The molecule has 0 aliphatic carbocycles. The fraction of sp³-hybridized carbons (Fsp3) is 0.200. The Morgan fingerprint density at radius 1 is 1.23 bits per heavy atom. The highest BCUT2D eigenvalue weighted by Crippen LogP contribution is 2.45. The molecule has 0 amide bonds. The normalized spacial score (nSPS) is 16.3. The number of methoxy groups -OCH3 is 1. The van der Waals surface area contributed by atoms with E-state index in [1.165, 1.54) is 6.92 Å². The molecule has 5 nitrogen and oxygen atoms in total. The van der Waals surface area contributed by atoms with Crippen molar-refractivity contribution in [2.24, 2.45) is 0 Å². The molecule has 6 heteroatoms. The number of carbonyl (C=O) groups excluding carboxylic acids is 2. The van der Waals surface area contributed by atoms with Crippen molar-refractivity contribution in [3.63, 3.8) is 0 Å². The highest BCUT2D eigenvalue weighted by atomic mass is 35.5. The maximum absolute atomic E-state index is 12.4. The van der Waals surface area contributed by atoms with Crippen molar-refractivity contribution in [1.29, 1.82) is 0 Å². The number of hydrogen-bond donors (Lipinski definition) is 0. The first-order chi connectivity index (χ1) is 12.5.